The highest BCUT2D eigenvalue weighted by Gasteiger charge is 2.49. The Labute approximate surface area is 164 Å². The van der Waals surface area contributed by atoms with Gasteiger partial charge in [0.05, 0.1) is 4.48 Å². The summed E-state index contributed by atoms with van der Waals surface area (Å²) in [5.74, 6) is -1.94. The summed E-state index contributed by atoms with van der Waals surface area (Å²) in [7, 11) is 0. The Balaban J connectivity index is 2.23. The summed E-state index contributed by atoms with van der Waals surface area (Å²) in [6, 6.07) is 16.7. The van der Waals surface area contributed by atoms with Crippen LogP contribution in [0.2, 0.25) is 0 Å². The molecule has 3 atom stereocenters. The van der Waals surface area contributed by atoms with E-state index >= 15 is 0 Å². The van der Waals surface area contributed by atoms with Gasteiger partial charge < -0.3 is 9.84 Å². The van der Waals surface area contributed by atoms with Crippen LogP contribution in [0.1, 0.15) is 34.9 Å². The summed E-state index contributed by atoms with van der Waals surface area (Å²) in [5.41, 5.74) is 2.67. The van der Waals surface area contributed by atoms with Gasteiger partial charge in [0.15, 0.2) is 0 Å². The summed E-state index contributed by atoms with van der Waals surface area (Å²) < 4.78 is 46.3. The first-order valence-corrected chi connectivity index (χ1v) is 9.48. The molecule has 2 aromatic rings. The molecule has 2 aromatic carbocycles. The number of aliphatic hydroxyl groups excluding tert-OH is 1. The van der Waals surface area contributed by atoms with Crippen molar-refractivity contribution in [3.63, 3.8) is 0 Å². The predicted octanol–water partition coefficient (Wildman–Crippen LogP) is 5.81. The van der Waals surface area contributed by atoms with Crippen LogP contribution in [0.25, 0.3) is 0 Å². The number of aliphatic hydroxyl groups is 1. The van der Waals surface area contributed by atoms with Crippen LogP contribution >= 0.6 is 15.9 Å². The van der Waals surface area contributed by atoms with Crippen LogP contribution in [0.15, 0.2) is 64.8 Å². The van der Waals surface area contributed by atoms with Crippen molar-refractivity contribution < 1.29 is 23.0 Å². The molecule has 3 rings (SSSR count). The molecule has 1 N–H and O–H groups in total. The van der Waals surface area contributed by atoms with Gasteiger partial charge in [-0.3, -0.25) is 0 Å². The monoisotopic (exact) mass is 440 g/mol. The molecule has 27 heavy (non-hydrogen) atoms. The molecule has 0 aromatic heterocycles. The molecule has 1 heterocycles. The number of halogens is 4. The minimum atomic E-state index is -4.61. The molecule has 6 heteroatoms. The van der Waals surface area contributed by atoms with E-state index in [0.29, 0.717) is 0 Å². The van der Waals surface area contributed by atoms with Gasteiger partial charge in [-0.25, -0.2) is 0 Å². The van der Waals surface area contributed by atoms with E-state index in [9.17, 15) is 18.3 Å². The summed E-state index contributed by atoms with van der Waals surface area (Å²) in [6.45, 7) is 1.68. The molecule has 1 aliphatic rings. The third-order valence-electron chi connectivity index (χ3n) is 4.90. The highest BCUT2D eigenvalue weighted by atomic mass is 79.9. The lowest BCUT2D eigenvalue weighted by molar-refractivity contribution is -0.149. The van der Waals surface area contributed by atoms with Crippen LogP contribution < -0.4 is 0 Å². The third-order valence-corrected chi connectivity index (χ3v) is 5.75. The van der Waals surface area contributed by atoms with Crippen LogP contribution in [0.5, 0.6) is 0 Å². The number of hydrogen-bond donors (Lipinski definition) is 1. The van der Waals surface area contributed by atoms with Gasteiger partial charge in [0.1, 0.15) is 6.10 Å². The third kappa shape index (κ3) is 4.06. The Morgan fingerprint density at radius 1 is 1.04 bits per heavy atom. The zero-order chi connectivity index (χ0) is 19.6. The van der Waals surface area contributed by atoms with E-state index in [1.807, 2.05) is 61.5 Å². The molecule has 0 radical (unpaired) electrons. The molecular formula is C21H20BrF3O2. The van der Waals surface area contributed by atoms with E-state index in [1.165, 1.54) is 0 Å². The maximum absolute atomic E-state index is 13.6. The van der Waals surface area contributed by atoms with Gasteiger partial charge in [0.25, 0.3) is 0 Å². The Bertz CT molecular complexity index is 818. The first-order chi connectivity index (χ1) is 12.8. The smallest absolute Gasteiger partial charge is 0.449 e. The van der Waals surface area contributed by atoms with Gasteiger partial charge in [-0.05, 0) is 23.6 Å². The fourth-order valence-corrected chi connectivity index (χ4v) is 4.58. The quantitative estimate of drug-likeness (QED) is 0.649. The lowest BCUT2D eigenvalue weighted by atomic mass is 9.74. The van der Waals surface area contributed by atoms with Crippen molar-refractivity contribution >= 4 is 15.9 Å². The average Bonchev–Trinajstić information content (AvgIpc) is 2.63. The molecule has 0 aliphatic carbocycles. The normalized spacial score (nSPS) is 23.3. The number of alkyl halides is 3. The molecule has 0 bridgehead atoms. The van der Waals surface area contributed by atoms with Crippen molar-refractivity contribution in [2.75, 3.05) is 6.61 Å². The fourth-order valence-electron chi connectivity index (χ4n) is 3.72. The molecule has 1 aliphatic heterocycles. The van der Waals surface area contributed by atoms with Crippen molar-refractivity contribution in [1.82, 2.24) is 0 Å². The molecule has 2 nitrogen and oxygen atoms in total. The first-order valence-electron chi connectivity index (χ1n) is 8.69. The molecule has 0 fully saturated rings. The number of ether oxygens (including phenoxy) is 1. The number of hydrogen-bond acceptors (Lipinski definition) is 2. The van der Waals surface area contributed by atoms with E-state index < -0.39 is 24.0 Å². The number of allylic oxidation sites excluding steroid dienone is 2. The highest BCUT2D eigenvalue weighted by Crippen LogP contribution is 2.53. The average molecular weight is 441 g/mol. The van der Waals surface area contributed by atoms with E-state index in [-0.39, 0.29) is 23.4 Å². The van der Waals surface area contributed by atoms with Gasteiger partial charge in [-0.2, -0.15) is 13.2 Å². The first kappa shape index (κ1) is 20.0. The summed E-state index contributed by atoms with van der Waals surface area (Å²) in [4.78, 5) is 0. The molecular weight excluding hydrogens is 421 g/mol. The predicted molar refractivity (Wildman–Crippen MR) is 102 cm³/mol. The molecule has 0 amide bonds. The lowest BCUT2D eigenvalue weighted by Crippen LogP contribution is -2.37. The van der Waals surface area contributed by atoms with Crippen LogP contribution in [-0.4, -0.2) is 24.0 Å². The SMILES string of the molecule is Cc1ccccc1[C@@H]1[C@@H](CCO)OC(C(F)(F)F)=C(Br)[C@H]1c1ccccc1. The van der Waals surface area contributed by atoms with Crippen molar-refractivity contribution in [1.29, 1.82) is 0 Å². The maximum atomic E-state index is 13.6. The standard InChI is InChI=1S/C21H20BrF3O2/c1-13-7-5-6-10-15(13)18-16(11-12-26)27-20(21(23,24)25)19(22)17(18)14-8-3-2-4-9-14/h2-10,16-18,26H,11-12H2,1H3/t16-,17+,18-/m1/s1. The second kappa shape index (κ2) is 8.07. The molecule has 144 valence electrons. The highest BCUT2D eigenvalue weighted by molar-refractivity contribution is 9.11. The van der Waals surface area contributed by atoms with Crippen LogP contribution in [0.4, 0.5) is 13.2 Å². The van der Waals surface area contributed by atoms with Crippen LogP contribution in [0.3, 0.4) is 0 Å². The maximum Gasteiger partial charge on any atom is 0.449 e. The summed E-state index contributed by atoms with van der Waals surface area (Å²) >= 11 is 3.21. The van der Waals surface area contributed by atoms with E-state index in [2.05, 4.69) is 15.9 Å². The Hall–Kier alpha value is -1.79. The molecule has 0 unspecified atom stereocenters. The van der Waals surface area contributed by atoms with Crippen LogP contribution in [0, 0.1) is 6.92 Å². The minimum absolute atomic E-state index is 0.0105. The van der Waals surface area contributed by atoms with Crippen molar-refractivity contribution in [3.8, 4) is 0 Å². The van der Waals surface area contributed by atoms with Gasteiger partial charge in [-0.1, -0.05) is 70.5 Å². The lowest BCUT2D eigenvalue weighted by Gasteiger charge is -2.41. The van der Waals surface area contributed by atoms with Crippen molar-refractivity contribution in [2.45, 2.75) is 37.5 Å². The summed E-state index contributed by atoms with van der Waals surface area (Å²) in [5, 5.41) is 9.48. The van der Waals surface area contributed by atoms with Gasteiger partial charge >= 0.3 is 6.18 Å². The largest absolute Gasteiger partial charge is 0.484 e. The number of rotatable bonds is 4. The second-order valence-electron chi connectivity index (χ2n) is 6.61. The number of benzene rings is 2. The summed E-state index contributed by atoms with van der Waals surface area (Å²) in [6.07, 6.45) is -5.29. The Morgan fingerprint density at radius 3 is 2.26 bits per heavy atom. The Kier molecular flexibility index (Phi) is 5.96. The molecule has 0 saturated heterocycles. The van der Waals surface area contributed by atoms with Crippen LogP contribution in [-0.2, 0) is 4.74 Å². The van der Waals surface area contributed by atoms with Gasteiger partial charge in [-0.15, -0.1) is 0 Å². The van der Waals surface area contributed by atoms with Gasteiger partial charge in [0.2, 0.25) is 5.76 Å². The second-order valence-corrected chi connectivity index (χ2v) is 7.47. The molecule has 0 spiro atoms. The number of aryl methyl sites for hydroxylation is 1. The van der Waals surface area contributed by atoms with E-state index in [0.717, 1.165) is 16.7 Å². The van der Waals surface area contributed by atoms with E-state index in [1.54, 1.807) is 0 Å². The minimum Gasteiger partial charge on any atom is -0.484 e. The fraction of sp³-hybridized carbons (Fsp3) is 0.333. The zero-order valence-corrected chi connectivity index (χ0v) is 16.3. The zero-order valence-electron chi connectivity index (χ0n) is 14.7. The van der Waals surface area contributed by atoms with Gasteiger partial charge in [0, 0.05) is 24.9 Å². The van der Waals surface area contributed by atoms with E-state index in [4.69, 9.17) is 4.74 Å². The van der Waals surface area contributed by atoms with Crippen molar-refractivity contribution in [2.24, 2.45) is 0 Å². The molecule has 0 saturated carbocycles. The van der Waals surface area contributed by atoms with Crippen molar-refractivity contribution in [3.05, 3.63) is 81.5 Å². The topological polar surface area (TPSA) is 29.5 Å². The Morgan fingerprint density at radius 2 is 1.67 bits per heavy atom.